The summed E-state index contributed by atoms with van der Waals surface area (Å²) in [5.41, 5.74) is 1.31. The van der Waals surface area contributed by atoms with Gasteiger partial charge in [-0.3, -0.25) is 0 Å². The fraction of sp³-hybridized carbons (Fsp3) is 0.833. The van der Waals surface area contributed by atoms with Crippen molar-refractivity contribution in [2.24, 2.45) is 17.3 Å². The molecule has 2 unspecified atom stereocenters. The second-order valence-electron chi connectivity index (χ2n) is 5.86. The molecule has 0 bridgehead atoms. The van der Waals surface area contributed by atoms with Crippen LogP contribution in [0.15, 0.2) is 6.20 Å². The Balaban J connectivity index is 2.87. The molecule has 0 saturated heterocycles. The Kier molecular flexibility index (Phi) is 5.65. The Labute approximate surface area is 120 Å². The summed E-state index contributed by atoms with van der Waals surface area (Å²) in [5.74, 6) is 1.73. The van der Waals surface area contributed by atoms with Gasteiger partial charge in [0.25, 0.3) is 0 Å². The molecule has 1 aromatic heterocycles. The highest BCUT2D eigenvalue weighted by Gasteiger charge is 2.35. The highest BCUT2D eigenvalue weighted by atomic mass is 33.1. The van der Waals surface area contributed by atoms with Crippen LogP contribution in [0.4, 0.5) is 0 Å². The molecule has 0 aliphatic rings. The lowest BCUT2D eigenvalue weighted by molar-refractivity contribution is 0.140. The maximum absolute atomic E-state index is 4.32. The average Bonchev–Trinajstić information content (AvgIpc) is 2.75. The van der Waals surface area contributed by atoms with Gasteiger partial charge in [0.1, 0.15) is 0 Å². The van der Waals surface area contributed by atoms with Crippen LogP contribution in [-0.4, -0.2) is 21.5 Å². The van der Waals surface area contributed by atoms with Crippen molar-refractivity contribution in [3.8, 4) is 0 Å². The third-order valence-corrected chi connectivity index (χ3v) is 5.76. The lowest BCUT2D eigenvalue weighted by Gasteiger charge is -2.39. The average molecular weight is 285 g/mol. The normalized spacial score (nSPS) is 15.9. The molecular weight excluding hydrogens is 261 g/mol. The number of aromatic nitrogens is 3. The Hall–Kier alpha value is -0.0951. The summed E-state index contributed by atoms with van der Waals surface area (Å²) in [5, 5.41) is 8.48. The molecule has 3 nitrogen and oxygen atoms in total. The predicted molar refractivity (Wildman–Crippen MR) is 85.3 cm³/mol. The fourth-order valence-corrected chi connectivity index (χ4v) is 3.25. The van der Waals surface area contributed by atoms with Gasteiger partial charge in [0, 0.05) is 16.9 Å². The van der Waals surface area contributed by atoms with E-state index in [-0.39, 0.29) is 5.41 Å². The largest absolute Gasteiger partial charge is 0.190 e. The maximum atomic E-state index is 4.32. The summed E-state index contributed by atoms with van der Waals surface area (Å²) in [6.07, 6.45) is 2.06. The van der Waals surface area contributed by atoms with E-state index >= 15 is 0 Å². The van der Waals surface area contributed by atoms with Gasteiger partial charge in [-0.05, 0) is 17.3 Å². The zero-order valence-electron chi connectivity index (χ0n) is 12.5. The van der Waals surface area contributed by atoms with Crippen LogP contribution in [0, 0.1) is 17.3 Å². The number of rotatable bonds is 6. The van der Waals surface area contributed by atoms with E-state index < -0.39 is 0 Å². The second kappa shape index (κ2) is 6.37. The van der Waals surface area contributed by atoms with Gasteiger partial charge in [0.05, 0.1) is 11.9 Å². The van der Waals surface area contributed by atoms with Crippen LogP contribution in [0.25, 0.3) is 0 Å². The Bertz CT molecular complexity index is 379. The minimum absolute atomic E-state index is 0.221. The second-order valence-corrected chi connectivity index (χ2v) is 8.17. The molecular formula is C12H24BN3S2. The van der Waals surface area contributed by atoms with Gasteiger partial charge in [-0.1, -0.05) is 46.8 Å². The van der Waals surface area contributed by atoms with E-state index in [0.717, 1.165) is 5.69 Å². The van der Waals surface area contributed by atoms with E-state index in [4.69, 9.17) is 0 Å². The standard InChI is InChI=1S/C12H24BN3S2/c1-8(2)9(3)12(5,6)10(4)11-7-16(15-14-11)18-17-13/h7-10H,13H2,1-6H3. The van der Waals surface area contributed by atoms with Gasteiger partial charge < -0.3 is 0 Å². The topological polar surface area (TPSA) is 30.7 Å². The number of nitrogens with zero attached hydrogens (tertiary/aromatic N) is 3. The zero-order valence-corrected chi connectivity index (χ0v) is 14.1. The molecule has 2 atom stereocenters. The van der Waals surface area contributed by atoms with Crippen molar-refractivity contribution < 1.29 is 0 Å². The Morgan fingerprint density at radius 1 is 1.28 bits per heavy atom. The van der Waals surface area contributed by atoms with Crippen molar-refractivity contribution >= 4 is 28.7 Å². The van der Waals surface area contributed by atoms with Gasteiger partial charge in [-0.25, -0.2) is 0 Å². The SMILES string of the molecule is BSSn1cc(C(C)C(C)(C)C(C)C(C)C)nn1. The van der Waals surface area contributed by atoms with E-state index in [1.807, 2.05) is 11.2 Å². The van der Waals surface area contributed by atoms with Crippen LogP contribution in [0.5, 0.6) is 0 Å². The molecule has 18 heavy (non-hydrogen) atoms. The molecule has 1 heterocycles. The molecule has 0 aliphatic heterocycles. The van der Waals surface area contributed by atoms with Crippen molar-refractivity contribution in [2.75, 3.05) is 0 Å². The molecule has 102 valence electrons. The first-order valence-corrected chi connectivity index (χ1v) is 8.95. The summed E-state index contributed by atoms with van der Waals surface area (Å²) < 4.78 is 1.84. The van der Waals surface area contributed by atoms with E-state index in [2.05, 4.69) is 58.1 Å². The third kappa shape index (κ3) is 3.47. The Morgan fingerprint density at radius 2 is 1.89 bits per heavy atom. The van der Waals surface area contributed by atoms with Crippen LogP contribution in [-0.2, 0) is 0 Å². The molecule has 0 radical (unpaired) electrons. The van der Waals surface area contributed by atoms with Crippen LogP contribution < -0.4 is 0 Å². The first kappa shape index (κ1) is 16.0. The molecule has 1 rings (SSSR count). The van der Waals surface area contributed by atoms with E-state index in [9.17, 15) is 0 Å². The molecule has 0 aromatic carbocycles. The zero-order chi connectivity index (χ0) is 13.9. The minimum Gasteiger partial charge on any atom is -0.184 e. The number of hydrogen-bond acceptors (Lipinski definition) is 4. The summed E-state index contributed by atoms with van der Waals surface area (Å²) in [6.45, 7) is 13.9. The van der Waals surface area contributed by atoms with Crippen LogP contribution >= 0.6 is 21.6 Å². The fourth-order valence-electron chi connectivity index (χ4n) is 2.21. The number of hydrogen-bond donors (Lipinski definition) is 0. The molecule has 0 fully saturated rings. The van der Waals surface area contributed by atoms with Crippen molar-refractivity contribution in [3.63, 3.8) is 0 Å². The molecule has 6 heteroatoms. The Morgan fingerprint density at radius 3 is 2.39 bits per heavy atom. The molecule has 0 spiro atoms. The molecule has 0 amide bonds. The van der Waals surface area contributed by atoms with E-state index in [0.29, 0.717) is 17.8 Å². The first-order chi connectivity index (χ1) is 8.30. The maximum Gasteiger partial charge on any atom is 0.190 e. The smallest absolute Gasteiger partial charge is 0.184 e. The first-order valence-electron chi connectivity index (χ1n) is 6.44. The highest BCUT2D eigenvalue weighted by molar-refractivity contribution is 8.84. The van der Waals surface area contributed by atoms with Gasteiger partial charge in [-0.15, -0.1) is 15.7 Å². The van der Waals surface area contributed by atoms with Crippen molar-refractivity contribution in [1.82, 2.24) is 14.4 Å². The quantitative estimate of drug-likeness (QED) is 0.592. The van der Waals surface area contributed by atoms with E-state index in [1.165, 1.54) is 0 Å². The van der Waals surface area contributed by atoms with Crippen molar-refractivity contribution in [3.05, 3.63) is 11.9 Å². The molecule has 0 saturated carbocycles. The van der Waals surface area contributed by atoms with Crippen LogP contribution in [0.3, 0.4) is 0 Å². The summed E-state index contributed by atoms with van der Waals surface area (Å²) in [6, 6.07) is 0. The van der Waals surface area contributed by atoms with Crippen molar-refractivity contribution in [1.29, 1.82) is 0 Å². The summed E-state index contributed by atoms with van der Waals surface area (Å²) >= 11 is 0. The predicted octanol–water partition coefficient (Wildman–Crippen LogP) is 3.39. The van der Waals surface area contributed by atoms with Gasteiger partial charge >= 0.3 is 0 Å². The molecule has 1 aromatic rings. The molecule has 0 N–H and O–H groups in total. The van der Waals surface area contributed by atoms with Crippen molar-refractivity contribution in [2.45, 2.75) is 47.5 Å². The van der Waals surface area contributed by atoms with Gasteiger partial charge in [0.15, 0.2) is 7.12 Å². The van der Waals surface area contributed by atoms with Crippen LogP contribution in [0.1, 0.15) is 53.2 Å². The summed E-state index contributed by atoms with van der Waals surface area (Å²) in [4.78, 5) is 0. The van der Waals surface area contributed by atoms with Gasteiger partial charge in [0.2, 0.25) is 0 Å². The monoisotopic (exact) mass is 285 g/mol. The lowest BCUT2D eigenvalue weighted by Crippen LogP contribution is -2.31. The van der Waals surface area contributed by atoms with Crippen LogP contribution in [0.2, 0.25) is 0 Å². The lowest BCUT2D eigenvalue weighted by atomic mass is 9.66. The highest BCUT2D eigenvalue weighted by Crippen LogP contribution is 2.43. The summed E-state index contributed by atoms with van der Waals surface area (Å²) in [7, 11) is 5.32. The van der Waals surface area contributed by atoms with E-state index in [1.54, 1.807) is 21.6 Å². The van der Waals surface area contributed by atoms with Gasteiger partial charge in [-0.2, -0.15) is 4.09 Å². The minimum atomic E-state index is 0.221. The molecule has 0 aliphatic carbocycles. The third-order valence-electron chi connectivity index (χ3n) is 4.38.